The van der Waals surface area contributed by atoms with E-state index in [2.05, 4.69) is 5.32 Å². The molecule has 1 aromatic rings. The zero-order valence-electron chi connectivity index (χ0n) is 12.2. The number of halogens is 2. The summed E-state index contributed by atoms with van der Waals surface area (Å²) in [5, 5.41) is 11.3. The average molecular weight is 311 g/mol. The summed E-state index contributed by atoms with van der Waals surface area (Å²) in [7, 11) is 0. The average Bonchev–Trinajstić information content (AvgIpc) is 2.93. The van der Waals surface area contributed by atoms with Crippen LogP contribution >= 0.6 is 0 Å². The second-order valence-corrected chi connectivity index (χ2v) is 5.67. The third-order valence-corrected chi connectivity index (χ3v) is 4.19. The number of benzene rings is 1. The molecule has 0 atom stereocenters. The molecule has 0 aromatic heterocycles. The van der Waals surface area contributed by atoms with E-state index in [0.717, 1.165) is 25.0 Å². The van der Waals surface area contributed by atoms with E-state index in [1.807, 2.05) is 0 Å². The molecule has 1 saturated carbocycles. The van der Waals surface area contributed by atoms with Gasteiger partial charge in [0.25, 0.3) is 0 Å². The number of rotatable bonds is 6. The molecular formula is C16H19F2NO3. The van der Waals surface area contributed by atoms with Crippen molar-refractivity contribution in [3.63, 3.8) is 0 Å². The first kappa shape index (κ1) is 16.4. The fraction of sp³-hybridized carbons (Fsp3) is 0.500. The first-order valence-corrected chi connectivity index (χ1v) is 7.41. The van der Waals surface area contributed by atoms with E-state index >= 15 is 0 Å². The summed E-state index contributed by atoms with van der Waals surface area (Å²) >= 11 is 0. The Morgan fingerprint density at radius 3 is 2.50 bits per heavy atom. The van der Waals surface area contributed by atoms with Crippen LogP contribution < -0.4 is 5.32 Å². The van der Waals surface area contributed by atoms with E-state index in [1.54, 1.807) is 0 Å². The van der Waals surface area contributed by atoms with Gasteiger partial charge in [0.1, 0.15) is 11.6 Å². The van der Waals surface area contributed by atoms with Gasteiger partial charge < -0.3 is 10.4 Å². The molecule has 0 spiro atoms. The molecule has 0 bridgehead atoms. The van der Waals surface area contributed by atoms with Crippen LogP contribution in [0.5, 0.6) is 0 Å². The highest BCUT2D eigenvalue weighted by molar-refractivity contribution is 5.88. The second kappa shape index (κ2) is 6.85. The van der Waals surface area contributed by atoms with Crippen LogP contribution in [0.2, 0.25) is 0 Å². The van der Waals surface area contributed by atoms with Crippen molar-refractivity contribution in [2.24, 2.45) is 0 Å². The van der Waals surface area contributed by atoms with Crippen LogP contribution in [0, 0.1) is 11.6 Å². The zero-order valence-corrected chi connectivity index (χ0v) is 12.2. The van der Waals surface area contributed by atoms with Crippen LogP contribution in [0.1, 0.15) is 44.1 Å². The number of hydrogen-bond acceptors (Lipinski definition) is 2. The minimum Gasteiger partial charge on any atom is -0.481 e. The minimum absolute atomic E-state index is 0.0296. The van der Waals surface area contributed by atoms with Crippen molar-refractivity contribution in [1.82, 2.24) is 5.32 Å². The highest BCUT2D eigenvalue weighted by Crippen LogP contribution is 2.42. The number of amides is 1. The summed E-state index contributed by atoms with van der Waals surface area (Å²) in [5.74, 6) is -2.60. The van der Waals surface area contributed by atoms with E-state index in [4.69, 9.17) is 5.11 Å². The summed E-state index contributed by atoms with van der Waals surface area (Å²) in [6.45, 7) is 0.232. The summed E-state index contributed by atoms with van der Waals surface area (Å²) in [5.41, 5.74) is -0.747. The smallest absolute Gasteiger partial charge is 0.303 e. The molecule has 1 aliphatic carbocycles. The third kappa shape index (κ3) is 3.43. The van der Waals surface area contributed by atoms with E-state index in [-0.39, 0.29) is 24.4 Å². The normalized spacial score (nSPS) is 16.5. The predicted octanol–water partition coefficient (Wildman–Crippen LogP) is 2.76. The van der Waals surface area contributed by atoms with Gasteiger partial charge in [-0.1, -0.05) is 18.9 Å². The van der Waals surface area contributed by atoms with Crippen LogP contribution in [-0.2, 0) is 15.0 Å². The van der Waals surface area contributed by atoms with Gasteiger partial charge in [0.15, 0.2) is 0 Å². The van der Waals surface area contributed by atoms with Crippen molar-refractivity contribution >= 4 is 11.9 Å². The molecule has 0 aliphatic heterocycles. The molecule has 6 heteroatoms. The van der Waals surface area contributed by atoms with Gasteiger partial charge in [-0.25, -0.2) is 8.78 Å². The van der Waals surface area contributed by atoms with Gasteiger partial charge in [-0.15, -0.1) is 0 Å². The number of hydrogen-bond donors (Lipinski definition) is 2. The molecule has 1 amide bonds. The number of aliphatic carboxylic acids is 1. The lowest BCUT2D eigenvalue weighted by Gasteiger charge is -2.28. The summed E-state index contributed by atoms with van der Waals surface area (Å²) in [6, 6.07) is 3.30. The zero-order chi connectivity index (χ0) is 16.2. The second-order valence-electron chi connectivity index (χ2n) is 5.67. The molecule has 1 aromatic carbocycles. The quantitative estimate of drug-likeness (QED) is 0.794. The number of nitrogens with one attached hydrogen (secondary N) is 1. The van der Waals surface area contributed by atoms with Gasteiger partial charge in [0.05, 0.1) is 5.41 Å². The van der Waals surface area contributed by atoms with Crippen molar-refractivity contribution in [2.45, 2.75) is 43.9 Å². The maximum absolute atomic E-state index is 14.1. The largest absolute Gasteiger partial charge is 0.481 e. The van der Waals surface area contributed by atoms with Gasteiger partial charge in [-0.2, -0.15) is 0 Å². The van der Waals surface area contributed by atoms with Crippen molar-refractivity contribution in [3.8, 4) is 0 Å². The molecule has 4 nitrogen and oxygen atoms in total. The summed E-state index contributed by atoms with van der Waals surface area (Å²) < 4.78 is 27.2. The third-order valence-electron chi connectivity index (χ3n) is 4.19. The van der Waals surface area contributed by atoms with E-state index in [9.17, 15) is 18.4 Å². The molecule has 0 heterocycles. The van der Waals surface area contributed by atoms with Crippen LogP contribution in [-0.4, -0.2) is 23.5 Å². The van der Waals surface area contributed by atoms with Gasteiger partial charge in [-0.05, 0) is 25.3 Å². The van der Waals surface area contributed by atoms with E-state index in [0.29, 0.717) is 19.3 Å². The topological polar surface area (TPSA) is 66.4 Å². The fourth-order valence-corrected chi connectivity index (χ4v) is 3.09. The Balaban J connectivity index is 2.14. The molecule has 1 aliphatic rings. The molecule has 22 heavy (non-hydrogen) atoms. The Labute approximate surface area is 127 Å². The summed E-state index contributed by atoms with van der Waals surface area (Å²) in [6.07, 6.45) is 2.93. The van der Waals surface area contributed by atoms with Gasteiger partial charge in [-0.3, -0.25) is 9.59 Å². The highest BCUT2D eigenvalue weighted by Gasteiger charge is 2.44. The molecule has 2 rings (SSSR count). The molecule has 1 fully saturated rings. The lowest BCUT2D eigenvalue weighted by Crippen LogP contribution is -2.43. The molecule has 0 radical (unpaired) electrons. The minimum atomic E-state index is -0.971. The number of carbonyl (C=O) groups excluding carboxylic acids is 1. The standard InChI is InChI=1S/C16H19F2NO3/c17-11-5-6-12(13(18)10-11)16(7-1-2-8-16)15(22)19-9-3-4-14(20)21/h5-6,10H,1-4,7-9H2,(H,19,22)(H,20,21). The predicted molar refractivity (Wildman–Crippen MR) is 76.4 cm³/mol. The molecule has 2 N–H and O–H groups in total. The Hall–Kier alpha value is -1.98. The van der Waals surface area contributed by atoms with Crippen molar-refractivity contribution in [1.29, 1.82) is 0 Å². The van der Waals surface area contributed by atoms with Crippen LogP contribution in [0.15, 0.2) is 18.2 Å². The molecule has 0 saturated heterocycles. The maximum Gasteiger partial charge on any atom is 0.303 e. The van der Waals surface area contributed by atoms with Crippen molar-refractivity contribution < 1.29 is 23.5 Å². The van der Waals surface area contributed by atoms with Crippen LogP contribution in [0.3, 0.4) is 0 Å². The fourth-order valence-electron chi connectivity index (χ4n) is 3.09. The van der Waals surface area contributed by atoms with Crippen LogP contribution in [0.25, 0.3) is 0 Å². The number of carboxylic acid groups (broad SMARTS) is 1. The number of carbonyl (C=O) groups is 2. The van der Waals surface area contributed by atoms with E-state index < -0.39 is 23.0 Å². The number of carboxylic acids is 1. The van der Waals surface area contributed by atoms with Gasteiger partial charge in [0, 0.05) is 24.6 Å². The van der Waals surface area contributed by atoms with Crippen molar-refractivity contribution in [2.75, 3.05) is 6.54 Å². The van der Waals surface area contributed by atoms with Gasteiger partial charge >= 0.3 is 5.97 Å². The first-order valence-electron chi connectivity index (χ1n) is 7.41. The molecule has 0 unspecified atom stereocenters. The lowest BCUT2D eigenvalue weighted by molar-refractivity contribution is -0.137. The Morgan fingerprint density at radius 1 is 1.23 bits per heavy atom. The Bertz CT molecular complexity index is 569. The Morgan fingerprint density at radius 2 is 1.91 bits per heavy atom. The van der Waals surface area contributed by atoms with Crippen LogP contribution in [0.4, 0.5) is 8.78 Å². The lowest BCUT2D eigenvalue weighted by atomic mass is 9.77. The van der Waals surface area contributed by atoms with Gasteiger partial charge in [0.2, 0.25) is 5.91 Å². The summed E-state index contributed by atoms with van der Waals surface area (Å²) in [4.78, 5) is 23.0. The van der Waals surface area contributed by atoms with E-state index in [1.165, 1.54) is 6.07 Å². The first-order chi connectivity index (χ1) is 10.5. The highest BCUT2D eigenvalue weighted by atomic mass is 19.1. The molecular weight excluding hydrogens is 292 g/mol. The monoisotopic (exact) mass is 311 g/mol. The van der Waals surface area contributed by atoms with Crippen molar-refractivity contribution in [3.05, 3.63) is 35.4 Å². The Kier molecular flexibility index (Phi) is 5.11. The SMILES string of the molecule is O=C(O)CCCNC(=O)C1(c2ccc(F)cc2F)CCCC1. The molecule has 120 valence electrons. The maximum atomic E-state index is 14.1.